The SMILES string of the molecule is Cc1ccc(C2(CNC(=O)N3CCCCCC3)CC2)cc1. The van der Waals surface area contributed by atoms with Crippen molar-refractivity contribution in [2.75, 3.05) is 19.6 Å². The van der Waals surface area contributed by atoms with Gasteiger partial charge in [0.15, 0.2) is 0 Å². The Morgan fingerprint density at radius 3 is 2.29 bits per heavy atom. The predicted octanol–water partition coefficient (Wildman–Crippen LogP) is 3.61. The summed E-state index contributed by atoms with van der Waals surface area (Å²) in [5.74, 6) is 0. The average Bonchev–Trinajstić information content (AvgIpc) is 3.30. The Balaban J connectivity index is 1.56. The third-order valence-electron chi connectivity index (χ3n) is 4.99. The van der Waals surface area contributed by atoms with Crippen LogP contribution in [-0.4, -0.2) is 30.6 Å². The zero-order valence-corrected chi connectivity index (χ0v) is 13.0. The number of aryl methyl sites for hydroxylation is 1. The number of urea groups is 1. The molecule has 3 heteroatoms. The van der Waals surface area contributed by atoms with Crippen molar-refractivity contribution < 1.29 is 4.79 Å². The van der Waals surface area contributed by atoms with Crippen LogP contribution in [0.15, 0.2) is 24.3 Å². The molecule has 1 aromatic carbocycles. The van der Waals surface area contributed by atoms with E-state index in [1.54, 1.807) is 0 Å². The highest BCUT2D eigenvalue weighted by Crippen LogP contribution is 2.47. The second kappa shape index (κ2) is 6.08. The van der Waals surface area contributed by atoms with Crippen molar-refractivity contribution in [1.82, 2.24) is 10.2 Å². The van der Waals surface area contributed by atoms with E-state index in [2.05, 4.69) is 36.5 Å². The smallest absolute Gasteiger partial charge is 0.317 e. The largest absolute Gasteiger partial charge is 0.337 e. The van der Waals surface area contributed by atoms with Crippen LogP contribution in [0.5, 0.6) is 0 Å². The van der Waals surface area contributed by atoms with Crippen LogP contribution in [-0.2, 0) is 5.41 Å². The summed E-state index contributed by atoms with van der Waals surface area (Å²) in [6.45, 7) is 4.74. The van der Waals surface area contributed by atoms with Gasteiger partial charge in [0.05, 0.1) is 0 Å². The first-order valence-electron chi connectivity index (χ1n) is 8.30. The first-order chi connectivity index (χ1) is 10.2. The van der Waals surface area contributed by atoms with Crippen LogP contribution in [0.1, 0.15) is 49.7 Å². The van der Waals surface area contributed by atoms with Gasteiger partial charge >= 0.3 is 6.03 Å². The number of hydrogen-bond donors (Lipinski definition) is 1. The van der Waals surface area contributed by atoms with Crippen molar-refractivity contribution in [2.45, 2.75) is 50.9 Å². The Kier molecular flexibility index (Phi) is 4.18. The van der Waals surface area contributed by atoms with Gasteiger partial charge < -0.3 is 10.2 Å². The minimum absolute atomic E-state index is 0.135. The van der Waals surface area contributed by atoms with Crippen molar-refractivity contribution >= 4 is 6.03 Å². The molecule has 1 aromatic rings. The van der Waals surface area contributed by atoms with Gasteiger partial charge in [-0.05, 0) is 38.2 Å². The molecule has 1 saturated carbocycles. The quantitative estimate of drug-likeness (QED) is 0.904. The van der Waals surface area contributed by atoms with E-state index in [4.69, 9.17) is 0 Å². The molecule has 0 spiro atoms. The summed E-state index contributed by atoms with van der Waals surface area (Å²) in [5, 5.41) is 3.18. The monoisotopic (exact) mass is 286 g/mol. The summed E-state index contributed by atoms with van der Waals surface area (Å²) in [7, 11) is 0. The highest BCUT2D eigenvalue weighted by Gasteiger charge is 2.44. The second-order valence-electron chi connectivity index (χ2n) is 6.71. The van der Waals surface area contributed by atoms with Gasteiger partial charge in [0.1, 0.15) is 0 Å². The van der Waals surface area contributed by atoms with E-state index in [0.29, 0.717) is 0 Å². The molecule has 0 bridgehead atoms. The fourth-order valence-corrected chi connectivity index (χ4v) is 3.26. The maximum Gasteiger partial charge on any atom is 0.317 e. The standard InChI is InChI=1S/C18H26N2O/c1-15-6-8-16(9-7-15)18(10-11-18)14-19-17(21)20-12-4-2-3-5-13-20/h6-9H,2-5,10-14H2,1H3,(H,19,21). The van der Waals surface area contributed by atoms with Crippen LogP contribution in [0.4, 0.5) is 4.79 Å². The van der Waals surface area contributed by atoms with Crippen LogP contribution in [0.25, 0.3) is 0 Å². The molecule has 1 aliphatic heterocycles. The summed E-state index contributed by atoms with van der Waals surface area (Å²) >= 11 is 0. The van der Waals surface area contributed by atoms with Crippen LogP contribution in [0.3, 0.4) is 0 Å². The van der Waals surface area contributed by atoms with Gasteiger partial charge in [-0.25, -0.2) is 4.79 Å². The summed E-state index contributed by atoms with van der Waals surface area (Å²) in [6.07, 6.45) is 7.20. The molecule has 0 unspecified atom stereocenters. The second-order valence-corrected chi connectivity index (χ2v) is 6.71. The third-order valence-corrected chi connectivity index (χ3v) is 4.99. The van der Waals surface area contributed by atoms with Gasteiger partial charge in [-0.15, -0.1) is 0 Å². The number of likely N-dealkylation sites (tertiary alicyclic amines) is 1. The molecule has 1 saturated heterocycles. The zero-order chi connectivity index (χ0) is 14.7. The Labute approximate surface area is 127 Å². The average molecular weight is 286 g/mol. The first-order valence-corrected chi connectivity index (χ1v) is 8.30. The van der Waals surface area contributed by atoms with Gasteiger partial charge in [-0.3, -0.25) is 0 Å². The lowest BCUT2D eigenvalue weighted by Crippen LogP contribution is -2.43. The number of nitrogens with one attached hydrogen (secondary N) is 1. The van der Waals surface area contributed by atoms with Crippen molar-refractivity contribution in [3.05, 3.63) is 35.4 Å². The minimum Gasteiger partial charge on any atom is -0.337 e. The lowest BCUT2D eigenvalue weighted by Gasteiger charge is -2.23. The van der Waals surface area contributed by atoms with E-state index in [1.165, 1.54) is 36.8 Å². The highest BCUT2D eigenvalue weighted by molar-refractivity contribution is 5.74. The molecule has 2 aliphatic rings. The molecule has 2 fully saturated rings. The van der Waals surface area contributed by atoms with Gasteiger partial charge in [-0.1, -0.05) is 42.7 Å². The van der Waals surface area contributed by atoms with Crippen molar-refractivity contribution in [3.8, 4) is 0 Å². The third kappa shape index (κ3) is 3.39. The van der Waals surface area contributed by atoms with E-state index in [0.717, 1.165) is 32.5 Å². The van der Waals surface area contributed by atoms with Gasteiger partial charge in [-0.2, -0.15) is 0 Å². The molecule has 3 nitrogen and oxygen atoms in total. The lowest BCUT2D eigenvalue weighted by atomic mass is 9.95. The van der Waals surface area contributed by atoms with E-state index in [1.807, 2.05) is 4.90 Å². The molecular weight excluding hydrogens is 260 g/mol. The molecule has 1 aliphatic carbocycles. The zero-order valence-electron chi connectivity index (χ0n) is 13.0. The lowest BCUT2D eigenvalue weighted by molar-refractivity contribution is 0.199. The number of rotatable bonds is 3. The van der Waals surface area contributed by atoms with Crippen molar-refractivity contribution in [2.24, 2.45) is 0 Å². The van der Waals surface area contributed by atoms with Crippen molar-refractivity contribution in [3.63, 3.8) is 0 Å². The van der Waals surface area contributed by atoms with Gasteiger partial charge in [0.25, 0.3) is 0 Å². The van der Waals surface area contributed by atoms with Crippen LogP contribution >= 0.6 is 0 Å². The molecule has 2 amide bonds. The molecule has 0 radical (unpaired) electrons. The van der Waals surface area contributed by atoms with Crippen LogP contribution in [0, 0.1) is 6.92 Å². The maximum atomic E-state index is 12.3. The molecule has 114 valence electrons. The fraction of sp³-hybridized carbons (Fsp3) is 0.611. The summed E-state index contributed by atoms with van der Waals surface area (Å²) in [4.78, 5) is 14.3. The molecule has 1 heterocycles. The summed E-state index contributed by atoms with van der Waals surface area (Å²) in [5.41, 5.74) is 2.88. The Morgan fingerprint density at radius 1 is 1.10 bits per heavy atom. The van der Waals surface area contributed by atoms with Gasteiger partial charge in [0.2, 0.25) is 0 Å². The molecule has 1 N–H and O–H groups in total. The maximum absolute atomic E-state index is 12.3. The minimum atomic E-state index is 0.135. The number of amides is 2. The fourth-order valence-electron chi connectivity index (χ4n) is 3.26. The van der Waals surface area contributed by atoms with Crippen molar-refractivity contribution in [1.29, 1.82) is 0 Å². The Morgan fingerprint density at radius 2 is 1.71 bits per heavy atom. The highest BCUT2D eigenvalue weighted by atomic mass is 16.2. The number of nitrogens with zero attached hydrogens (tertiary/aromatic N) is 1. The molecule has 0 atom stereocenters. The predicted molar refractivity (Wildman–Crippen MR) is 85.5 cm³/mol. The molecular formula is C18H26N2O. The topological polar surface area (TPSA) is 32.3 Å². The summed E-state index contributed by atoms with van der Waals surface area (Å²) < 4.78 is 0. The molecule has 0 aromatic heterocycles. The number of hydrogen-bond acceptors (Lipinski definition) is 1. The van der Waals surface area contributed by atoms with Crippen LogP contribution in [0.2, 0.25) is 0 Å². The molecule has 21 heavy (non-hydrogen) atoms. The van der Waals surface area contributed by atoms with E-state index >= 15 is 0 Å². The van der Waals surface area contributed by atoms with E-state index < -0.39 is 0 Å². The van der Waals surface area contributed by atoms with E-state index in [-0.39, 0.29) is 11.4 Å². The Hall–Kier alpha value is -1.51. The number of benzene rings is 1. The molecule has 3 rings (SSSR count). The number of carbonyl (C=O) groups excluding carboxylic acids is 1. The van der Waals surface area contributed by atoms with E-state index in [9.17, 15) is 4.79 Å². The van der Waals surface area contributed by atoms with Crippen LogP contribution < -0.4 is 5.32 Å². The number of carbonyl (C=O) groups is 1. The normalized spacial score (nSPS) is 20.7. The first kappa shape index (κ1) is 14.4. The van der Waals surface area contributed by atoms with Gasteiger partial charge in [0, 0.05) is 25.0 Å². The summed E-state index contributed by atoms with van der Waals surface area (Å²) in [6, 6.07) is 8.93. The Bertz CT molecular complexity index is 482.